The summed E-state index contributed by atoms with van der Waals surface area (Å²) in [5.41, 5.74) is 0.975. The van der Waals surface area contributed by atoms with Crippen LogP contribution in [0.3, 0.4) is 0 Å². The summed E-state index contributed by atoms with van der Waals surface area (Å²) in [6, 6.07) is 0. The second-order valence-corrected chi connectivity index (χ2v) is 16.0. The van der Waals surface area contributed by atoms with Crippen LogP contribution in [0.5, 0.6) is 0 Å². The van der Waals surface area contributed by atoms with Crippen LogP contribution in [0.25, 0.3) is 0 Å². The van der Waals surface area contributed by atoms with E-state index in [0.717, 1.165) is 5.57 Å². The molecule has 0 atom stereocenters. The molecule has 0 aromatic carbocycles. The molecule has 0 heterocycles. The van der Waals surface area contributed by atoms with Crippen molar-refractivity contribution in [1.82, 2.24) is 0 Å². The predicted octanol–water partition coefficient (Wildman–Crippen LogP) is 2.23. The van der Waals surface area contributed by atoms with Gasteiger partial charge in [0.15, 0.2) is 27.1 Å². The molecule has 0 unspecified atom stereocenters. The molecular weight excluding hydrogens is 292 g/mol. The van der Waals surface area contributed by atoms with Crippen molar-refractivity contribution in [3.63, 3.8) is 0 Å². The number of ether oxygens (including phenoxy) is 1. The van der Waals surface area contributed by atoms with Gasteiger partial charge in [-0.25, -0.2) is 0 Å². The SMILES string of the molecule is C=C(C)COCC(O[SiH3])(O[Si](C)(C)C)O[Si](C)(C)C. The van der Waals surface area contributed by atoms with Gasteiger partial charge in [0.2, 0.25) is 0 Å². The third-order valence-electron chi connectivity index (χ3n) is 1.86. The molecule has 0 fully saturated rings. The molecule has 0 aromatic rings. The lowest BCUT2D eigenvalue weighted by Crippen LogP contribution is -2.54. The zero-order valence-electron chi connectivity index (χ0n) is 13.8. The lowest BCUT2D eigenvalue weighted by atomic mass is 10.4. The van der Waals surface area contributed by atoms with Gasteiger partial charge in [-0.3, -0.25) is 0 Å². The van der Waals surface area contributed by atoms with Gasteiger partial charge in [-0.2, -0.15) is 0 Å². The highest BCUT2D eigenvalue weighted by Gasteiger charge is 2.41. The maximum absolute atomic E-state index is 6.14. The highest BCUT2D eigenvalue weighted by atomic mass is 28.4. The molecule has 0 aliphatic heterocycles. The molecule has 0 N–H and O–H groups in total. The van der Waals surface area contributed by atoms with Gasteiger partial charge < -0.3 is 18.0 Å². The van der Waals surface area contributed by atoms with Crippen molar-refractivity contribution in [2.45, 2.75) is 52.2 Å². The average molecular weight is 323 g/mol. The van der Waals surface area contributed by atoms with Crippen LogP contribution in [0.1, 0.15) is 6.92 Å². The number of hydrogen-bond donors (Lipinski definition) is 0. The van der Waals surface area contributed by atoms with Gasteiger partial charge in [-0.05, 0) is 46.2 Å². The Hall–Kier alpha value is 0.231. The zero-order chi connectivity index (χ0) is 15.3. The van der Waals surface area contributed by atoms with E-state index in [1.54, 1.807) is 0 Å². The van der Waals surface area contributed by atoms with Gasteiger partial charge in [-0.15, -0.1) is 0 Å². The smallest absolute Gasteiger partial charge is 0.278 e. The quantitative estimate of drug-likeness (QED) is 0.371. The fourth-order valence-electron chi connectivity index (χ4n) is 1.51. The van der Waals surface area contributed by atoms with Crippen LogP contribution in [0, 0.1) is 0 Å². The molecule has 7 heteroatoms. The Bertz CT molecular complexity index is 278. The Morgan fingerprint density at radius 1 is 1.05 bits per heavy atom. The topological polar surface area (TPSA) is 36.9 Å². The van der Waals surface area contributed by atoms with E-state index >= 15 is 0 Å². The van der Waals surface area contributed by atoms with Crippen molar-refractivity contribution in [1.29, 1.82) is 0 Å². The predicted molar refractivity (Wildman–Crippen MR) is 88.3 cm³/mol. The van der Waals surface area contributed by atoms with Crippen molar-refractivity contribution in [2.24, 2.45) is 0 Å². The highest BCUT2D eigenvalue weighted by molar-refractivity contribution is 6.71. The summed E-state index contributed by atoms with van der Waals surface area (Å²) in [7, 11) is -3.06. The van der Waals surface area contributed by atoms with Crippen molar-refractivity contribution in [2.75, 3.05) is 13.2 Å². The fraction of sp³-hybridized carbons (Fsp3) is 0.833. The monoisotopic (exact) mass is 322 g/mol. The van der Waals surface area contributed by atoms with Crippen LogP contribution in [0.4, 0.5) is 0 Å². The van der Waals surface area contributed by atoms with E-state index in [2.05, 4.69) is 45.9 Å². The van der Waals surface area contributed by atoms with E-state index in [0.29, 0.717) is 17.1 Å². The minimum atomic E-state index is -1.80. The van der Waals surface area contributed by atoms with Crippen molar-refractivity contribution >= 4 is 27.1 Å². The van der Waals surface area contributed by atoms with E-state index in [4.69, 9.17) is 18.0 Å². The maximum Gasteiger partial charge on any atom is 0.278 e. The summed E-state index contributed by atoms with van der Waals surface area (Å²) >= 11 is 0. The third-order valence-corrected chi connectivity index (χ3v) is 4.33. The first kappa shape index (κ1) is 19.2. The number of hydrogen-bond acceptors (Lipinski definition) is 4. The lowest BCUT2D eigenvalue weighted by Gasteiger charge is -2.41. The van der Waals surface area contributed by atoms with Gasteiger partial charge in [0, 0.05) is 0 Å². The van der Waals surface area contributed by atoms with Gasteiger partial charge in [0.1, 0.15) is 6.61 Å². The summed E-state index contributed by atoms with van der Waals surface area (Å²) < 4.78 is 23.6. The molecule has 0 aliphatic rings. The maximum atomic E-state index is 6.14. The minimum absolute atomic E-state index is 0.290. The molecule has 0 rings (SSSR count). The molecule has 0 amide bonds. The normalized spacial score (nSPS) is 13.8. The van der Waals surface area contributed by atoms with Crippen LogP contribution < -0.4 is 0 Å². The van der Waals surface area contributed by atoms with Crippen LogP contribution >= 0.6 is 0 Å². The average Bonchev–Trinajstić information content (AvgIpc) is 2.11. The van der Waals surface area contributed by atoms with Gasteiger partial charge in [-0.1, -0.05) is 12.2 Å². The molecule has 0 aliphatic carbocycles. The third kappa shape index (κ3) is 9.72. The molecule has 114 valence electrons. The molecule has 0 radical (unpaired) electrons. The van der Waals surface area contributed by atoms with Gasteiger partial charge in [0.25, 0.3) is 5.97 Å². The van der Waals surface area contributed by atoms with Crippen molar-refractivity contribution < 1.29 is 18.0 Å². The van der Waals surface area contributed by atoms with Crippen molar-refractivity contribution in [3.8, 4) is 0 Å². The molecule has 0 spiro atoms. The summed E-state index contributed by atoms with van der Waals surface area (Å²) in [6.45, 7) is 19.3. The van der Waals surface area contributed by atoms with E-state index < -0.39 is 22.6 Å². The molecule has 4 nitrogen and oxygen atoms in total. The molecule has 0 aromatic heterocycles. The first-order valence-corrected chi connectivity index (χ1v) is 14.2. The van der Waals surface area contributed by atoms with Crippen LogP contribution in [-0.4, -0.2) is 46.3 Å². The van der Waals surface area contributed by atoms with E-state index in [9.17, 15) is 0 Å². The second-order valence-electron chi connectivity index (χ2n) is 6.77. The zero-order valence-corrected chi connectivity index (χ0v) is 17.8. The largest absolute Gasteiger partial charge is 0.380 e. The van der Waals surface area contributed by atoms with E-state index in [1.165, 1.54) is 0 Å². The van der Waals surface area contributed by atoms with Crippen molar-refractivity contribution in [3.05, 3.63) is 12.2 Å². The first-order chi connectivity index (χ1) is 8.39. The summed E-state index contributed by atoms with van der Waals surface area (Å²) in [6.07, 6.45) is 0. The standard InChI is InChI=1S/C12H30O4Si3/c1-11(2)9-13-10-12(14-17,15-18(3,4)5)16-19(6,7)8/h1,9-10H2,2-8,17H3. The summed E-state index contributed by atoms with van der Waals surface area (Å²) in [5.74, 6) is -1.03. The second kappa shape index (κ2) is 7.30. The number of rotatable bonds is 9. The Kier molecular flexibility index (Phi) is 7.39. The Labute approximate surface area is 123 Å². The highest BCUT2D eigenvalue weighted by Crippen LogP contribution is 2.25. The van der Waals surface area contributed by atoms with E-state index in [1.807, 2.05) is 6.92 Å². The molecule has 19 heavy (non-hydrogen) atoms. The fourth-order valence-corrected chi connectivity index (χ4v) is 4.44. The molecule has 0 bridgehead atoms. The Balaban J connectivity index is 4.90. The minimum Gasteiger partial charge on any atom is -0.380 e. The summed E-state index contributed by atoms with van der Waals surface area (Å²) in [5, 5.41) is 0. The lowest BCUT2D eigenvalue weighted by molar-refractivity contribution is -0.286. The first-order valence-electron chi connectivity index (χ1n) is 6.57. The van der Waals surface area contributed by atoms with Crippen LogP contribution in [-0.2, 0) is 18.0 Å². The van der Waals surface area contributed by atoms with Crippen LogP contribution in [0.2, 0.25) is 39.3 Å². The summed E-state index contributed by atoms with van der Waals surface area (Å²) in [4.78, 5) is 0. The van der Waals surface area contributed by atoms with Gasteiger partial charge in [0.05, 0.1) is 6.61 Å². The Morgan fingerprint density at radius 2 is 1.47 bits per heavy atom. The van der Waals surface area contributed by atoms with Crippen LogP contribution in [0.15, 0.2) is 12.2 Å². The molecule has 0 saturated carbocycles. The van der Waals surface area contributed by atoms with Gasteiger partial charge >= 0.3 is 0 Å². The Morgan fingerprint density at radius 3 is 1.74 bits per heavy atom. The molecule has 0 saturated heterocycles. The molecular formula is C12H30O4Si3. The van der Waals surface area contributed by atoms with E-state index in [-0.39, 0.29) is 6.61 Å².